The summed E-state index contributed by atoms with van der Waals surface area (Å²) in [6, 6.07) is 16.6. The molecule has 0 radical (unpaired) electrons. The highest BCUT2D eigenvalue weighted by Gasteiger charge is 2.37. The van der Waals surface area contributed by atoms with Gasteiger partial charge in [-0.2, -0.15) is 0 Å². The van der Waals surface area contributed by atoms with Crippen LogP contribution in [0.2, 0.25) is 0 Å². The Kier molecular flexibility index (Phi) is 3.87. The smallest absolute Gasteiger partial charge is 0.237 e. The van der Waals surface area contributed by atoms with Gasteiger partial charge in [-0.25, -0.2) is 0 Å². The van der Waals surface area contributed by atoms with Crippen molar-refractivity contribution in [2.45, 2.75) is 20.8 Å². The summed E-state index contributed by atoms with van der Waals surface area (Å²) in [5.74, 6) is -0.0982. The predicted molar refractivity (Wildman–Crippen MR) is 115 cm³/mol. The third kappa shape index (κ3) is 2.43. The average Bonchev–Trinajstić information content (AvgIpc) is 3.09. The Hall–Kier alpha value is -3.79. The van der Waals surface area contributed by atoms with Crippen LogP contribution in [0.25, 0.3) is 33.4 Å². The molecule has 0 bridgehead atoms. The first kappa shape index (κ1) is 18.3. The fourth-order valence-electron chi connectivity index (χ4n) is 4.28. The van der Waals surface area contributed by atoms with Crippen LogP contribution in [0.4, 0.5) is 0 Å². The van der Waals surface area contributed by atoms with E-state index >= 15 is 0 Å². The van der Waals surface area contributed by atoms with Gasteiger partial charge in [-0.3, -0.25) is 14.4 Å². The molecule has 4 nitrogen and oxygen atoms in total. The second-order valence-electron chi connectivity index (χ2n) is 7.71. The molecular formula is C26H18O4. The molecule has 1 aromatic heterocycles. The van der Waals surface area contributed by atoms with Gasteiger partial charge in [-0.1, -0.05) is 48.5 Å². The number of carbonyl (C=O) groups is 3. The molecule has 30 heavy (non-hydrogen) atoms. The van der Waals surface area contributed by atoms with E-state index in [-0.39, 0.29) is 5.78 Å². The maximum absolute atomic E-state index is 13.1. The third-order valence-electron chi connectivity index (χ3n) is 5.88. The Bertz CT molecular complexity index is 1400. The molecule has 0 saturated carbocycles. The number of hydrogen-bond donors (Lipinski definition) is 0. The maximum Gasteiger partial charge on any atom is 0.237 e. The summed E-state index contributed by atoms with van der Waals surface area (Å²) in [5, 5.41) is 1.71. The lowest BCUT2D eigenvalue weighted by atomic mass is 9.83. The molecule has 0 aliphatic heterocycles. The zero-order chi connectivity index (χ0) is 21.2. The fourth-order valence-corrected chi connectivity index (χ4v) is 4.28. The van der Waals surface area contributed by atoms with Crippen LogP contribution in [-0.4, -0.2) is 17.3 Å². The van der Waals surface area contributed by atoms with Crippen LogP contribution in [-0.2, 0) is 0 Å². The Morgan fingerprint density at radius 3 is 2.17 bits per heavy atom. The number of benzene rings is 3. The van der Waals surface area contributed by atoms with E-state index in [0.29, 0.717) is 39.3 Å². The molecule has 0 N–H and O–H groups in total. The van der Waals surface area contributed by atoms with Crippen molar-refractivity contribution in [3.05, 3.63) is 82.4 Å². The molecule has 146 valence electrons. The molecule has 1 heterocycles. The Balaban J connectivity index is 1.77. The van der Waals surface area contributed by atoms with Crippen LogP contribution in [0, 0.1) is 13.8 Å². The van der Waals surface area contributed by atoms with Gasteiger partial charge in [0.15, 0.2) is 5.78 Å². The van der Waals surface area contributed by atoms with Gasteiger partial charge in [0, 0.05) is 27.8 Å². The van der Waals surface area contributed by atoms with Crippen LogP contribution in [0.3, 0.4) is 0 Å². The monoisotopic (exact) mass is 394 g/mol. The number of aryl methyl sites for hydroxylation is 1. The first-order valence-corrected chi connectivity index (χ1v) is 9.75. The first-order chi connectivity index (χ1) is 14.4. The summed E-state index contributed by atoms with van der Waals surface area (Å²) in [6.07, 6.45) is 0. The molecular weight excluding hydrogens is 376 g/mol. The molecule has 0 fully saturated rings. The Morgan fingerprint density at radius 2 is 1.47 bits per heavy atom. The highest BCUT2D eigenvalue weighted by Crippen LogP contribution is 2.44. The van der Waals surface area contributed by atoms with Crippen molar-refractivity contribution in [1.82, 2.24) is 0 Å². The van der Waals surface area contributed by atoms with Crippen molar-refractivity contribution in [1.29, 1.82) is 0 Å². The van der Waals surface area contributed by atoms with Gasteiger partial charge in [-0.05, 0) is 43.2 Å². The van der Waals surface area contributed by atoms with E-state index < -0.39 is 11.6 Å². The summed E-state index contributed by atoms with van der Waals surface area (Å²) >= 11 is 0. The number of rotatable bonds is 2. The molecule has 0 saturated heterocycles. The highest BCUT2D eigenvalue weighted by atomic mass is 16.3. The van der Waals surface area contributed by atoms with Crippen LogP contribution in [0.1, 0.15) is 49.1 Å². The zero-order valence-corrected chi connectivity index (χ0v) is 16.8. The van der Waals surface area contributed by atoms with Gasteiger partial charge in [0.1, 0.15) is 11.5 Å². The molecule has 4 heteroatoms. The molecule has 0 spiro atoms. The molecule has 4 aromatic rings. The van der Waals surface area contributed by atoms with Crippen LogP contribution in [0.5, 0.6) is 0 Å². The number of ketones is 3. The predicted octanol–water partition coefficient (Wildman–Crippen LogP) is 5.97. The number of fused-ring (bicyclic) bond motifs is 5. The van der Waals surface area contributed by atoms with Crippen LogP contribution < -0.4 is 0 Å². The minimum absolute atomic E-state index is 0.0196. The standard InChI is InChI=1S/C26H18O4/c1-13-5-4-6-19-18(13)11-12-20-22(19)24(29)23(28)21-14(2)25(30-26(20)21)17-9-7-16(8-10-17)15(3)27/h4-12H,1-3H3. The quantitative estimate of drug-likeness (QED) is 0.311. The number of carbonyl (C=O) groups excluding carboxylic acids is 3. The van der Waals surface area contributed by atoms with Gasteiger partial charge >= 0.3 is 0 Å². The van der Waals surface area contributed by atoms with Gasteiger partial charge < -0.3 is 4.42 Å². The van der Waals surface area contributed by atoms with Crippen molar-refractivity contribution in [2.24, 2.45) is 0 Å². The van der Waals surface area contributed by atoms with Crippen molar-refractivity contribution < 1.29 is 18.8 Å². The molecule has 0 atom stereocenters. The number of hydrogen-bond acceptors (Lipinski definition) is 4. The van der Waals surface area contributed by atoms with E-state index in [2.05, 4.69) is 0 Å². The van der Waals surface area contributed by atoms with E-state index in [1.54, 1.807) is 31.2 Å². The van der Waals surface area contributed by atoms with Gasteiger partial charge in [-0.15, -0.1) is 0 Å². The normalized spacial score (nSPS) is 12.8. The molecule has 0 amide bonds. The largest absolute Gasteiger partial charge is 0.455 e. The van der Waals surface area contributed by atoms with E-state index in [0.717, 1.165) is 21.9 Å². The SMILES string of the molecule is CC(=O)c1ccc(-c2oc3c(c2C)C(=O)C(=O)c2c-3ccc3c(C)cccc23)cc1. The second kappa shape index (κ2) is 6.36. The van der Waals surface area contributed by atoms with Gasteiger partial charge in [0.05, 0.1) is 5.56 Å². The fraction of sp³-hybridized carbons (Fsp3) is 0.115. The van der Waals surface area contributed by atoms with Crippen LogP contribution >= 0.6 is 0 Å². The maximum atomic E-state index is 13.1. The topological polar surface area (TPSA) is 64.3 Å². The lowest BCUT2D eigenvalue weighted by molar-refractivity contribution is 0.0815. The van der Waals surface area contributed by atoms with Crippen molar-refractivity contribution >= 4 is 28.1 Å². The van der Waals surface area contributed by atoms with E-state index in [1.165, 1.54) is 6.92 Å². The summed E-state index contributed by atoms with van der Waals surface area (Å²) in [6.45, 7) is 5.28. The minimum atomic E-state index is -0.542. The van der Waals surface area contributed by atoms with Crippen molar-refractivity contribution in [3.8, 4) is 22.6 Å². The van der Waals surface area contributed by atoms with Gasteiger partial charge in [0.25, 0.3) is 0 Å². The molecule has 0 unspecified atom stereocenters. The second-order valence-corrected chi connectivity index (χ2v) is 7.71. The molecule has 1 aliphatic carbocycles. The van der Waals surface area contributed by atoms with E-state index in [9.17, 15) is 14.4 Å². The number of furan rings is 1. The summed E-state index contributed by atoms with van der Waals surface area (Å²) < 4.78 is 6.19. The Morgan fingerprint density at radius 1 is 0.767 bits per heavy atom. The summed E-state index contributed by atoms with van der Waals surface area (Å²) in [4.78, 5) is 37.7. The van der Waals surface area contributed by atoms with E-state index in [1.807, 2.05) is 37.3 Å². The van der Waals surface area contributed by atoms with E-state index in [4.69, 9.17) is 4.42 Å². The number of Topliss-reactive ketones (excluding diaryl/α,β-unsaturated/α-hetero) is 3. The Labute approximate surface area is 173 Å². The summed E-state index contributed by atoms with van der Waals surface area (Å²) in [5.41, 5.74) is 4.40. The lowest BCUT2D eigenvalue weighted by Gasteiger charge is -2.16. The molecule has 3 aromatic carbocycles. The minimum Gasteiger partial charge on any atom is -0.455 e. The molecule has 5 rings (SSSR count). The van der Waals surface area contributed by atoms with Gasteiger partial charge in [0.2, 0.25) is 11.6 Å². The van der Waals surface area contributed by atoms with Crippen molar-refractivity contribution in [2.75, 3.05) is 0 Å². The third-order valence-corrected chi connectivity index (χ3v) is 5.88. The van der Waals surface area contributed by atoms with Crippen LogP contribution in [0.15, 0.2) is 59.0 Å². The highest BCUT2D eigenvalue weighted by molar-refractivity contribution is 6.54. The first-order valence-electron chi connectivity index (χ1n) is 9.75. The summed E-state index contributed by atoms with van der Waals surface area (Å²) in [7, 11) is 0. The molecule has 1 aliphatic rings. The van der Waals surface area contributed by atoms with Crippen molar-refractivity contribution in [3.63, 3.8) is 0 Å². The average molecular weight is 394 g/mol. The lowest BCUT2D eigenvalue weighted by Crippen LogP contribution is -2.21. The zero-order valence-electron chi connectivity index (χ0n) is 16.8.